The van der Waals surface area contributed by atoms with Gasteiger partial charge in [0.25, 0.3) is 5.37 Å². The number of benzene rings is 2. The number of aromatic nitrogens is 1. The third-order valence-electron chi connectivity index (χ3n) is 3.68. The molecule has 1 N–H and O–H groups in total. The molecule has 116 valence electrons. The van der Waals surface area contributed by atoms with Crippen LogP contribution in [0.15, 0.2) is 54.6 Å². The summed E-state index contributed by atoms with van der Waals surface area (Å²) in [7, 11) is -4.19. The molecule has 0 aliphatic carbocycles. The van der Waals surface area contributed by atoms with Crippen LogP contribution in [0.2, 0.25) is 0 Å². The van der Waals surface area contributed by atoms with E-state index in [2.05, 4.69) is 0 Å². The highest BCUT2D eigenvalue weighted by Gasteiger charge is 2.33. The summed E-state index contributed by atoms with van der Waals surface area (Å²) in [5, 5.41) is 0.894. The van der Waals surface area contributed by atoms with Crippen LogP contribution in [0.4, 0.5) is 0 Å². The average molecular weight is 338 g/mol. The van der Waals surface area contributed by atoms with Crippen molar-refractivity contribution in [1.82, 2.24) is 0 Å². The summed E-state index contributed by atoms with van der Waals surface area (Å²) < 4.78 is 34.9. The maximum Gasteiger partial charge on any atom is 0.329 e. The van der Waals surface area contributed by atoms with Gasteiger partial charge in [-0.2, -0.15) is 13.0 Å². The fourth-order valence-electron chi connectivity index (χ4n) is 2.79. The van der Waals surface area contributed by atoms with E-state index in [0.717, 1.165) is 21.8 Å². The van der Waals surface area contributed by atoms with Crippen molar-refractivity contribution in [1.29, 1.82) is 0 Å². The van der Waals surface area contributed by atoms with E-state index in [1.807, 2.05) is 54.6 Å². The molecule has 6 heteroatoms. The van der Waals surface area contributed by atoms with Crippen LogP contribution in [0.25, 0.3) is 21.8 Å². The highest BCUT2D eigenvalue weighted by atomic mass is 35.5. The predicted octanol–water partition coefficient (Wildman–Crippen LogP) is 0.0809. The zero-order chi connectivity index (χ0) is 15.0. The number of halogens is 1. The van der Waals surface area contributed by atoms with Gasteiger partial charge in [0.1, 0.15) is 0 Å². The minimum atomic E-state index is -4.19. The van der Waals surface area contributed by atoms with Gasteiger partial charge in [0.15, 0.2) is 0 Å². The van der Waals surface area contributed by atoms with E-state index in [0.29, 0.717) is 6.42 Å². The van der Waals surface area contributed by atoms with Crippen LogP contribution in [0.5, 0.6) is 0 Å². The molecule has 1 aromatic heterocycles. The minimum Gasteiger partial charge on any atom is -1.00 e. The summed E-state index contributed by atoms with van der Waals surface area (Å²) >= 11 is 0. The van der Waals surface area contributed by atoms with E-state index in [9.17, 15) is 13.0 Å². The van der Waals surface area contributed by atoms with Gasteiger partial charge in [-0.05, 0) is 18.2 Å². The van der Waals surface area contributed by atoms with Crippen molar-refractivity contribution in [3.05, 3.63) is 54.6 Å². The predicted molar refractivity (Wildman–Crippen MR) is 82.5 cm³/mol. The van der Waals surface area contributed by atoms with E-state index in [1.54, 1.807) is 11.5 Å². The molecular formula is C16H16ClNO3S. The molecule has 1 heterocycles. The first kappa shape index (κ1) is 16.7. The molecule has 0 aliphatic heterocycles. The lowest BCUT2D eigenvalue weighted by atomic mass is 10.1. The zero-order valence-electron chi connectivity index (χ0n) is 12.0. The first-order valence-electron chi connectivity index (χ1n) is 6.80. The number of rotatable bonds is 3. The highest BCUT2D eigenvalue weighted by Crippen LogP contribution is 2.22. The number of pyridine rings is 1. The van der Waals surface area contributed by atoms with Gasteiger partial charge in [-0.25, -0.2) is 0 Å². The van der Waals surface area contributed by atoms with Crippen LogP contribution < -0.4 is 17.0 Å². The van der Waals surface area contributed by atoms with Crippen LogP contribution in [-0.4, -0.2) is 13.0 Å². The lowest BCUT2D eigenvalue weighted by molar-refractivity contribution is -0.651. The standard InChI is InChI=1S/C16H15NO3S.ClH/c1-2-16(21(18,19)20)17-14-9-5-3-7-12(14)11-13-8-4-6-10-15(13)17;/h3-11,16H,2H2,1H3;1H. The molecule has 0 bridgehead atoms. The van der Waals surface area contributed by atoms with Gasteiger partial charge >= 0.3 is 10.1 Å². The SMILES string of the molecule is CCC([n+]1c2ccccc2cc2ccccc21)S(=O)(=O)O.[Cl-]. The molecule has 22 heavy (non-hydrogen) atoms. The third kappa shape index (κ3) is 2.79. The van der Waals surface area contributed by atoms with Crippen molar-refractivity contribution in [2.24, 2.45) is 0 Å². The smallest absolute Gasteiger partial charge is 0.329 e. The van der Waals surface area contributed by atoms with Crippen molar-refractivity contribution in [3.63, 3.8) is 0 Å². The molecule has 2 aromatic carbocycles. The van der Waals surface area contributed by atoms with E-state index < -0.39 is 15.5 Å². The quantitative estimate of drug-likeness (QED) is 0.418. The van der Waals surface area contributed by atoms with Crippen LogP contribution in [-0.2, 0) is 10.1 Å². The molecule has 3 rings (SSSR count). The Balaban J connectivity index is 0.00000176. The Morgan fingerprint density at radius 3 is 1.86 bits per heavy atom. The Hall–Kier alpha value is -1.69. The first-order valence-corrected chi connectivity index (χ1v) is 8.31. The number of nitrogens with zero attached hydrogens (tertiary/aromatic N) is 1. The molecule has 0 fully saturated rings. The highest BCUT2D eigenvalue weighted by molar-refractivity contribution is 7.85. The first-order chi connectivity index (χ1) is 10.0. The fourth-order valence-corrected chi connectivity index (χ4v) is 3.71. The van der Waals surface area contributed by atoms with Gasteiger partial charge in [0, 0.05) is 29.3 Å². The maximum absolute atomic E-state index is 11.8. The van der Waals surface area contributed by atoms with Crippen molar-refractivity contribution in [2.75, 3.05) is 0 Å². The van der Waals surface area contributed by atoms with Gasteiger partial charge < -0.3 is 12.4 Å². The summed E-state index contributed by atoms with van der Waals surface area (Å²) in [5.74, 6) is 0. The second kappa shape index (κ2) is 6.20. The van der Waals surface area contributed by atoms with Gasteiger partial charge in [0.2, 0.25) is 11.0 Å². The second-order valence-corrected chi connectivity index (χ2v) is 6.58. The fraction of sp³-hybridized carbons (Fsp3) is 0.188. The molecule has 0 saturated carbocycles. The van der Waals surface area contributed by atoms with Crippen molar-refractivity contribution >= 4 is 31.9 Å². The average Bonchev–Trinajstić information content (AvgIpc) is 2.46. The van der Waals surface area contributed by atoms with E-state index >= 15 is 0 Å². The van der Waals surface area contributed by atoms with Gasteiger partial charge in [-0.1, -0.05) is 31.2 Å². The van der Waals surface area contributed by atoms with E-state index in [1.165, 1.54) is 0 Å². The van der Waals surface area contributed by atoms with E-state index in [4.69, 9.17) is 0 Å². The van der Waals surface area contributed by atoms with Gasteiger partial charge in [0.05, 0.1) is 0 Å². The maximum atomic E-state index is 11.8. The molecular weight excluding hydrogens is 322 g/mol. The zero-order valence-corrected chi connectivity index (χ0v) is 13.6. The molecule has 0 radical (unpaired) electrons. The largest absolute Gasteiger partial charge is 1.00 e. The molecule has 1 unspecified atom stereocenters. The topological polar surface area (TPSA) is 58.2 Å². The summed E-state index contributed by atoms with van der Waals surface area (Å²) in [6.45, 7) is 1.75. The van der Waals surface area contributed by atoms with Crippen LogP contribution in [0, 0.1) is 0 Å². The summed E-state index contributed by atoms with van der Waals surface area (Å²) in [5.41, 5.74) is 1.58. The van der Waals surface area contributed by atoms with Crippen molar-refractivity contribution in [2.45, 2.75) is 18.7 Å². The van der Waals surface area contributed by atoms with Gasteiger partial charge in [-0.3, -0.25) is 4.55 Å². The lowest BCUT2D eigenvalue weighted by Gasteiger charge is -2.12. The summed E-state index contributed by atoms with van der Waals surface area (Å²) in [6.07, 6.45) is 0.293. The van der Waals surface area contributed by atoms with E-state index in [-0.39, 0.29) is 12.4 Å². The van der Waals surface area contributed by atoms with Crippen molar-refractivity contribution in [3.8, 4) is 0 Å². The minimum absolute atomic E-state index is 0. The Morgan fingerprint density at radius 1 is 1.00 bits per heavy atom. The lowest BCUT2D eigenvalue weighted by Crippen LogP contribution is -3.00. The number of hydrogen-bond acceptors (Lipinski definition) is 2. The summed E-state index contributed by atoms with van der Waals surface area (Å²) in [4.78, 5) is 0. The monoisotopic (exact) mass is 337 g/mol. The second-order valence-electron chi connectivity index (χ2n) is 5.01. The molecule has 0 saturated heterocycles. The Kier molecular flexibility index (Phi) is 4.70. The molecule has 1 atom stereocenters. The third-order valence-corrected chi connectivity index (χ3v) is 4.92. The van der Waals surface area contributed by atoms with Crippen LogP contribution in [0.1, 0.15) is 18.7 Å². The summed E-state index contributed by atoms with van der Waals surface area (Å²) in [6, 6.07) is 17.2. The number of hydrogen-bond donors (Lipinski definition) is 1. The number of fused-ring (bicyclic) bond motifs is 2. The molecule has 4 nitrogen and oxygen atoms in total. The molecule has 0 aliphatic rings. The normalized spacial score (nSPS) is 13.0. The van der Waals surface area contributed by atoms with Crippen molar-refractivity contribution < 1.29 is 29.9 Å². The van der Waals surface area contributed by atoms with Gasteiger partial charge in [-0.15, -0.1) is 0 Å². The molecule has 0 spiro atoms. The Bertz CT molecular complexity index is 871. The van der Waals surface area contributed by atoms with Crippen LogP contribution in [0.3, 0.4) is 0 Å². The molecule has 0 amide bonds. The molecule has 3 aromatic rings. The Morgan fingerprint density at radius 2 is 1.45 bits per heavy atom. The Labute approximate surface area is 135 Å². The number of para-hydroxylation sites is 2. The van der Waals surface area contributed by atoms with Crippen LogP contribution >= 0.6 is 0 Å².